The van der Waals surface area contributed by atoms with Gasteiger partial charge in [0.05, 0.1) is 6.54 Å². The van der Waals surface area contributed by atoms with E-state index >= 15 is 0 Å². The Morgan fingerprint density at radius 2 is 2.00 bits per heavy atom. The number of urea groups is 1. The first kappa shape index (κ1) is 17.5. The van der Waals surface area contributed by atoms with E-state index in [1.807, 2.05) is 11.8 Å². The smallest absolute Gasteiger partial charge is 0.318 e. The Morgan fingerprint density at radius 3 is 2.64 bits per heavy atom. The summed E-state index contributed by atoms with van der Waals surface area (Å²) < 4.78 is 13.1. The van der Waals surface area contributed by atoms with Crippen molar-refractivity contribution >= 4 is 6.03 Å². The average molecular weight is 344 g/mol. The summed E-state index contributed by atoms with van der Waals surface area (Å²) >= 11 is 0. The number of halogens is 1. The Balaban J connectivity index is 1.67. The molecule has 0 aliphatic heterocycles. The molecule has 0 atom stereocenters. The highest BCUT2D eigenvalue weighted by Crippen LogP contribution is 2.24. The lowest BCUT2D eigenvalue weighted by atomic mass is 9.94. The van der Waals surface area contributed by atoms with Crippen molar-refractivity contribution in [2.75, 3.05) is 0 Å². The molecule has 2 amide bonds. The number of nitrogens with one attached hydrogen (secondary N) is 2. The van der Waals surface area contributed by atoms with Crippen molar-refractivity contribution in [1.82, 2.24) is 20.2 Å². The van der Waals surface area contributed by atoms with Crippen LogP contribution in [-0.4, -0.2) is 26.9 Å². The molecule has 1 aromatic carbocycles. The SMILES string of the molecule is Cc1cnc(CNC(=O)N(Cc2ccc(F)cc2)C2CCCCC2)[nH]1. The number of aromatic amines is 1. The molecule has 1 aliphatic carbocycles. The van der Waals surface area contributed by atoms with Gasteiger partial charge in [0.2, 0.25) is 0 Å². The van der Waals surface area contributed by atoms with Gasteiger partial charge >= 0.3 is 6.03 Å². The second kappa shape index (κ2) is 8.14. The summed E-state index contributed by atoms with van der Waals surface area (Å²) in [5, 5.41) is 2.96. The van der Waals surface area contributed by atoms with E-state index in [1.54, 1.807) is 18.3 Å². The number of rotatable bonds is 5. The first-order valence-corrected chi connectivity index (χ1v) is 8.91. The van der Waals surface area contributed by atoms with Gasteiger partial charge in [-0.1, -0.05) is 31.4 Å². The van der Waals surface area contributed by atoms with Gasteiger partial charge < -0.3 is 15.2 Å². The molecule has 0 radical (unpaired) electrons. The Labute approximate surface area is 147 Å². The molecule has 0 saturated heterocycles. The Kier molecular flexibility index (Phi) is 5.68. The molecule has 2 aromatic rings. The normalized spacial score (nSPS) is 15.1. The number of carbonyl (C=O) groups excluding carboxylic acids is 1. The van der Waals surface area contributed by atoms with Gasteiger partial charge in [-0.2, -0.15) is 0 Å². The fourth-order valence-electron chi connectivity index (χ4n) is 3.36. The van der Waals surface area contributed by atoms with E-state index in [0.29, 0.717) is 13.1 Å². The van der Waals surface area contributed by atoms with Gasteiger partial charge in [0, 0.05) is 24.5 Å². The lowest BCUT2D eigenvalue weighted by Crippen LogP contribution is -2.46. The average Bonchev–Trinajstić information content (AvgIpc) is 3.05. The number of hydrogen-bond acceptors (Lipinski definition) is 2. The largest absolute Gasteiger partial charge is 0.345 e. The van der Waals surface area contributed by atoms with Crippen LogP contribution in [0.5, 0.6) is 0 Å². The molecule has 0 spiro atoms. The highest BCUT2D eigenvalue weighted by Gasteiger charge is 2.25. The van der Waals surface area contributed by atoms with Crippen molar-refractivity contribution in [1.29, 1.82) is 0 Å². The third-order valence-electron chi connectivity index (χ3n) is 4.71. The fourth-order valence-corrected chi connectivity index (χ4v) is 3.36. The molecule has 2 N–H and O–H groups in total. The van der Waals surface area contributed by atoms with Gasteiger partial charge in [0.1, 0.15) is 11.6 Å². The summed E-state index contributed by atoms with van der Waals surface area (Å²) in [6.07, 6.45) is 7.32. The molecule has 1 aliphatic rings. The molecule has 25 heavy (non-hydrogen) atoms. The summed E-state index contributed by atoms with van der Waals surface area (Å²) in [6.45, 7) is 2.80. The summed E-state index contributed by atoms with van der Waals surface area (Å²) in [6, 6.07) is 6.51. The van der Waals surface area contributed by atoms with E-state index in [-0.39, 0.29) is 17.9 Å². The number of aromatic nitrogens is 2. The summed E-state index contributed by atoms with van der Waals surface area (Å²) in [5.41, 5.74) is 1.91. The second-order valence-corrected chi connectivity index (χ2v) is 6.72. The highest BCUT2D eigenvalue weighted by molar-refractivity contribution is 5.74. The third kappa shape index (κ3) is 4.81. The van der Waals surface area contributed by atoms with Crippen LogP contribution >= 0.6 is 0 Å². The molecule has 0 unspecified atom stereocenters. The molecule has 1 aromatic heterocycles. The van der Waals surface area contributed by atoms with Crippen LogP contribution in [0.4, 0.5) is 9.18 Å². The molecule has 1 fully saturated rings. The number of imidazole rings is 1. The summed E-state index contributed by atoms with van der Waals surface area (Å²) in [7, 11) is 0. The van der Waals surface area contributed by atoms with Crippen LogP contribution in [0.3, 0.4) is 0 Å². The van der Waals surface area contributed by atoms with Crippen LogP contribution in [0.2, 0.25) is 0 Å². The maximum absolute atomic E-state index is 13.1. The van der Waals surface area contributed by atoms with Crippen molar-refractivity contribution in [3.05, 3.63) is 53.4 Å². The van der Waals surface area contributed by atoms with E-state index in [1.165, 1.54) is 18.6 Å². The van der Waals surface area contributed by atoms with E-state index in [0.717, 1.165) is 42.8 Å². The number of H-pyrrole nitrogens is 1. The molecule has 0 bridgehead atoms. The van der Waals surface area contributed by atoms with Crippen molar-refractivity contribution in [2.45, 2.75) is 58.2 Å². The number of amides is 2. The van der Waals surface area contributed by atoms with Gasteiger partial charge in [-0.25, -0.2) is 14.2 Å². The second-order valence-electron chi connectivity index (χ2n) is 6.72. The van der Waals surface area contributed by atoms with Crippen LogP contribution < -0.4 is 5.32 Å². The van der Waals surface area contributed by atoms with Crippen molar-refractivity contribution < 1.29 is 9.18 Å². The van der Waals surface area contributed by atoms with Crippen LogP contribution in [0.15, 0.2) is 30.5 Å². The first-order chi connectivity index (χ1) is 12.1. The van der Waals surface area contributed by atoms with E-state index in [9.17, 15) is 9.18 Å². The topological polar surface area (TPSA) is 61.0 Å². The van der Waals surface area contributed by atoms with Gasteiger partial charge in [0.25, 0.3) is 0 Å². The molecule has 5 nitrogen and oxygen atoms in total. The van der Waals surface area contributed by atoms with E-state index < -0.39 is 0 Å². The Morgan fingerprint density at radius 1 is 1.28 bits per heavy atom. The standard InChI is InChI=1S/C19H25FN4O/c1-14-11-21-18(23-14)12-22-19(25)24(17-5-3-2-4-6-17)13-15-7-9-16(20)10-8-15/h7-11,17H,2-6,12-13H2,1H3,(H,21,23)(H,22,25). The molecular formula is C19H25FN4O. The van der Waals surface area contributed by atoms with Gasteiger partial charge in [-0.3, -0.25) is 0 Å². The van der Waals surface area contributed by atoms with Crippen LogP contribution in [0.25, 0.3) is 0 Å². The summed E-state index contributed by atoms with van der Waals surface area (Å²) in [5.74, 6) is 0.488. The van der Waals surface area contributed by atoms with Crippen molar-refractivity contribution in [3.63, 3.8) is 0 Å². The van der Waals surface area contributed by atoms with Crippen molar-refractivity contribution in [3.8, 4) is 0 Å². The molecule has 3 rings (SSSR count). The third-order valence-corrected chi connectivity index (χ3v) is 4.71. The zero-order chi connectivity index (χ0) is 17.6. The number of hydrogen-bond donors (Lipinski definition) is 2. The number of carbonyl (C=O) groups is 1. The zero-order valence-electron chi connectivity index (χ0n) is 14.6. The lowest BCUT2D eigenvalue weighted by Gasteiger charge is -2.34. The minimum absolute atomic E-state index is 0.0923. The molecule has 6 heteroatoms. The van der Waals surface area contributed by atoms with Gasteiger partial charge in [0.15, 0.2) is 0 Å². The minimum Gasteiger partial charge on any atom is -0.345 e. The first-order valence-electron chi connectivity index (χ1n) is 8.91. The van der Waals surface area contributed by atoms with Crippen LogP contribution in [0.1, 0.15) is 49.2 Å². The van der Waals surface area contributed by atoms with E-state index in [4.69, 9.17) is 0 Å². The maximum atomic E-state index is 13.1. The zero-order valence-corrected chi connectivity index (χ0v) is 14.6. The minimum atomic E-state index is -0.259. The number of nitrogens with zero attached hydrogens (tertiary/aromatic N) is 2. The van der Waals surface area contributed by atoms with E-state index in [2.05, 4.69) is 15.3 Å². The Bertz CT molecular complexity index is 692. The van der Waals surface area contributed by atoms with Crippen molar-refractivity contribution in [2.24, 2.45) is 0 Å². The fraction of sp³-hybridized carbons (Fsp3) is 0.474. The Hall–Kier alpha value is -2.37. The quantitative estimate of drug-likeness (QED) is 0.864. The molecular weight excluding hydrogens is 319 g/mol. The highest BCUT2D eigenvalue weighted by atomic mass is 19.1. The number of aryl methyl sites for hydroxylation is 1. The molecule has 1 heterocycles. The number of benzene rings is 1. The van der Waals surface area contributed by atoms with Crippen LogP contribution in [0, 0.1) is 12.7 Å². The lowest BCUT2D eigenvalue weighted by molar-refractivity contribution is 0.150. The predicted octanol–water partition coefficient (Wildman–Crippen LogP) is 3.90. The maximum Gasteiger partial charge on any atom is 0.318 e. The summed E-state index contributed by atoms with van der Waals surface area (Å²) in [4.78, 5) is 22.0. The predicted molar refractivity (Wildman–Crippen MR) is 94.4 cm³/mol. The monoisotopic (exact) mass is 344 g/mol. The molecule has 1 saturated carbocycles. The van der Waals surface area contributed by atoms with Gasteiger partial charge in [-0.05, 0) is 37.5 Å². The molecule has 134 valence electrons. The van der Waals surface area contributed by atoms with Crippen LogP contribution in [-0.2, 0) is 13.1 Å². The van der Waals surface area contributed by atoms with Gasteiger partial charge in [-0.15, -0.1) is 0 Å².